The molecule has 2 aromatic rings. The highest BCUT2D eigenvalue weighted by molar-refractivity contribution is 5.94. The van der Waals surface area contributed by atoms with E-state index in [0.717, 1.165) is 38.0 Å². The lowest BCUT2D eigenvalue weighted by Gasteiger charge is -2.18. The van der Waals surface area contributed by atoms with Crippen molar-refractivity contribution in [2.75, 3.05) is 25.0 Å². The minimum Gasteiger partial charge on any atom is -0.342 e. The monoisotopic (exact) mass is 370 g/mol. The van der Waals surface area contributed by atoms with Gasteiger partial charge in [0.25, 0.3) is 5.91 Å². The van der Waals surface area contributed by atoms with E-state index in [2.05, 4.69) is 5.32 Å². The highest BCUT2D eigenvalue weighted by Crippen LogP contribution is 2.14. The van der Waals surface area contributed by atoms with Gasteiger partial charge in [-0.1, -0.05) is 30.3 Å². The van der Waals surface area contributed by atoms with E-state index in [1.54, 1.807) is 12.1 Å². The standard InChI is InChI=1S/C21H24FN3O2/c22-17-9-11-18(12-10-17)24-21(27)20(16-6-2-1-3-7-16)23-13-5-15-25-14-4-8-19(25)26/h1-3,6-7,9-12,20,23H,4-5,8,13-15H2,(H,24,27)/p+1/t20-/m0/s1. The number of nitrogens with two attached hydrogens (primary N) is 1. The molecular weight excluding hydrogens is 345 g/mol. The zero-order chi connectivity index (χ0) is 19.1. The first-order chi connectivity index (χ1) is 13.1. The van der Waals surface area contributed by atoms with Crippen LogP contribution in [0.2, 0.25) is 0 Å². The Bertz CT molecular complexity index is 765. The van der Waals surface area contributed by atoms with Crippen LogP contribution in [0, 0.1) is 5.82 Å². The van der Waals surface area contributed by atoms with Crippen molar-refractivity contribution >= 4 is 17.5 Å². The van der Waals surface area contributed by atoms with Crippen molar-refractivity contribution in [3.8, 4) is 0 Å². The molecule has 0 unspecified atom stereocenters. The average molecular weight is 370 g/mol. The third-order valence-corrected chi connectivity index (χ3v) is 4.76. The second kappa shape index (κ2) is 9.28. The molecule has 0 aliphatic carbocycles. The lowest BCUT2D eigenvalue weighted by atomic mass is 10.1. The lowest BCUT2D eigenvalue weighted by Crippen LogP contribution is -2.87. The number of hydrogen-bond donors (Lipinski definition) is 2. The summed E-state index contributed by atoms with van der Waals surface area (Å²) in [7, 11) is 0. The van der Waals surface area contributed by atoms with Crippen LogP contribution in [-0.2, 0) is 9.59 Å². The lowest BCUT2D eigenvalue weighted by molar-refractivity contribution is -0.682. The average Bonchev–Trinajstić information content (AvgIpc) is 3.09. The molecule has 27 heavy (non-hydrogen) atoms. The van der Waals surface area contributed by atoms with Crippen LogP contribution in [0.25, 0.3) is 0 Å². The number of anilines is 1. The van der Waals surface area contributed by atoms with E-state index in [9.17, 15) is 14.0 Å². The van der Waals surface area contributed by atoms with Gasteiger partial charge in [-0.15, -0.1) is 0 Å². The number of benzene rings is 2. The molecule has 3 rings (SSSR count). The molecule has 2 amide bonds. The summed E-state index contributed by atoms with van der Waals surface area (Å²) >= 11 is 0. The van der Waals surface area contributed by atoms with E-state index >= 15 is 0 Å². The van der Waals surface area contributed by atoms with E-state index < -0.39 is 6.04 Å². The van der Waals surface area contributed by atoms with Crippen LogP contribution in [0.15, 0.2) is 54.6 Å². The minimum absolute atomic E-state index is 0.148. The van der Waals surface area contributed by atoms with E-state index in [1.807, 2.05) is 40.5 Å². The number of carbonyl (C=O) groups excluding carboxylic acids is 2. The maximum Gasteiger partial charge on any atom is 0.287 e. The molecule has 1 heterocycles. The molecule has 142 valence electrons. The molecule has 0 saturated carbocycles. The first-order valence-corrected chi connectivity index (χ1v) is 9.36. The predicted octanol–water partition coefficient (Wildman–Crippen LogP) is 2.08. The molecule has 0 bridgehead atoms. The van der Waals surface area contributed by atoms with Crippen LogP contribution in [0.4, 0.5) is 10.1 Å². The van der Waals surface area contributed by atoms with Gasteiger partial charge in [-0.05, 0) is 30.7 Å². The van der Waals surface area contributed by atoms with Crippen LogP contribution in [0.3, 0.4) is 0 Å². The van der Waals surface area contributed by atoms with Gasteiger partial charge in [0.1, 0.15) is 5.82 Å². The summed E-state index contributed by atoms with van der Waals surface area (Å²) in [5.74, 6) is -0.260. The van der Waals surface area contributed by atoms with E-state index in [4.69, 9.17) is 0 Å². The second-order valence-corrected chi connectivity index (χ2v) is 6.75. The van der Waals surface area contributed by atoms with Gasteiger partial charge in [-0.3, -0.25) is 9.59 Å². The smallest absolute Gasteiger partial charge is 0.287 e. The summed E-state index contributed by atoms with van der Waals surface area (Å²) < 4.78 is 13.1. The quantitative estimate of drug-likeness (QED) is 0.699. The largest absolute Gasteiger partial charge is 0.342 e. The van der Waals surface area contributed by atoms with Gasteiger partial charge < -0.3 is 15.5 Å². The molecule has 0 spiro atoms. The van der Waals surface area contributed by atoms with Crippen molar-refractivity contribution in [1.29, 1.82) is 0 Å². The summed E-state index contributed by atoms with van der Waals surface area (Å²) in [6.07, 6.45) is 2.42. The summed E-state index contributed by atoms with van der Waals surface area (Å²) in [5.41, 5.74) is 1.48. The SMILES string of the molecule is O=C(Nc1ccc(F)cc1)[C@@H]([NH2+]CCCN1CCCC1=O)c1ccccc1. The Kier molecular flexibility index (Phi) is 6.54. The van der Waals surface area contributed by atoms with Gasteiger partial charge in [-0.25, -0.2) is 4.39 Å². The molecule has 5 nitrogen and oxygen atoms in total. The normalized spacial score (nSPS) is 15.0. The number of halogens is 1. The molecule has 0 radical (unpaired) electrons. The van der Waals surface area contributed by atoms with Crippen LogP contribution in [0.1, 0.15) is 30.9 Å². The molecule has 3 N–H and O–H groups in total. The maximum atomic E-state index is 13.1. The van der Waals surface area contributed by atoms with Gasteiger partial charge in [0.15, 0.2) is 6.04 Å². The Morgan fingerprint density at radius 3 is 2.56 bits per heavy atom. The van der Waals surface area contributed by atoms with Crippen LogP contribution in [-0.4, -0.2) is 36.3 Å². The molecule has 1 fully saturated rings. The Morgan fingerprint density at radius 1 is 1.15 bits per heavy atom. The van der Waals surface area contributed by atoms with Gasteiger partial charge in [0.2, 0.25) is 5.91 Å². The Hall–Kier alpha value is -2.73. The van der Waals surface area contributed by atoms with Crippen molar-refractivity contribution in [1.82, 2.24) is 4.90 Å². The third-order valence-electron chi connectivity index (χ3n) is 4.76. The van der Waals surface area contributed by atoms with Crippen molar-refractivity contribution in [2.24, 2.45) is 0 Å². The number of amides is 2. The van der Waals surface area contributed by atoms with E-state index in [0.29, 0.717) is 12.1 Å². The number of quaternary nitrogens is 1. The molecule has 1 aliphatic heterocycles. The molecule has 1 saturated heterocycles. The molecular formula is C21H25FN3O2+. The molecule has 6 heteroatoms. The number of likely N-dealkylation sites (tertiary alicyclic amines) is 1. The fourth-order valence-electron chi connectivity index (χ4n) is 3.32. The van der Waals surface area contributed by atoms with Crippen molar-refractivity contribution in [3.05, 3.63) is 66.0 Å². The van der Waals surface area contributed by atoms with Crippen LogP contribution >= 0.6 is 0 Å². The zero-order valence-electron chi connectivity index (χ0n) is 15.2. The predicted molar refractivity (Wildman–Crippen MR) is 101 cm³/mol. The van der Waals surface area contributed by atoms with Gasteiger partial charge in [-0.2, -0.15) is 0 Å². The van der Waals surface area contributed by atoms with Crippen molar-refractivity contribution < 1.29 is 19.3 Å². The zero-order valence-corrected chi connectivity index (χ0v) is 15.2. The molecule has 2 aromatic carbocycles. The third kappa shape index (κ3) is 5.37. The maximum absolute atomic E-state index is 13.1. The number of nitrogens with one attached hydrogen (secondary N) is 1. The first kappa shape index (κ1) is 19.0. The molecule has 1 aliphatic rings. The van der Waals surface area contributed by atoms with Crippen molar-refractivity contribution in [3.63, 3.8) is 0 Å². The summed E-state index contributed by atoms with van der Waals surface area (Å²) in [6.45, 7) is 2.31. The Morgan fingerprint density at radius 2 is 1.89 bits per heavy atom. The van der Waals surface area contributed by atoms with Gasteiger partial charge in [0, 0.05) is 37.2 Å². The number of hydrogen-bond acceptors (Lipinski definition) is 2. The topological polar surface area (TPSA) is 66.0 Å². The number of rotatable bonds is 8. The van der Waals surface area contributed by atoms with E-state index in [-0.39, 0.29) is 17.6 Å². The summed E-state index contributed by atoms with van der Waals surface area (Å²) in [5, 5.41) is 4.85. The first-order valence-electron chi connectivity index (χ1n) is 9.36. The van der Waals surface area contributed by atoms with Crippen molar-refractivity contribution in [2.45, 2.75) is 25.3 Å². The summed E-state index contributed by atoms with van der Waals surface area (Å²) in [6, 6.07) is 14.9. The van der Waals surface area contributed by atoms with E-state index in [1.165, 1.54) is 12.1 Å². The second-order valence-electron chi connectivity index (χ2n) is 6.75. The molecule has 0 aromatic heterocycles. The van der Waals surface area contributed by atoms with Gasteiger partial charge in [0.05, 0.1) is 6.54 Å². The number of nitrogens with zero attached hydrogens (tertiary/aromatic N) is 1. The highest BCUT2D eigenvalue weighted by atomic mass is 19.1. The number of carbonyl (C=O) groups is 2. The van der Waals surface area contributed by atoms with Crippen LogP contribution < -0.4 is 10.6 Å². The Balaban J connectivity index is 1.59. The van der Waals surface area contributed by atoms with Crippen LogP contribution in [0.5, 0.6) is 0 Å². The highest BCUT2D eigenvalue weighted by Gasteiger charge is 2.24. The Labute approximate surface area is 158 Å². The fourth-order valence-corrected chi connectivity index (χ4v) is 3.32. The summed E-state index contributed by atoms with van der Waals surface area (Å²) in [4.78, 5) is 26.4. The van der Waals surface area contributed by atoms with Gasteiger partial charge >= 0.3 is 0 Å². The minimum atomic E-state index is -0.398. The molecule has 1 atom stereocenters. The fraction of sp³-hybridized carbons (Fsp3) is 0.333.